The van der Waals surface area contributed by atoms with Crippen molar-refractivity contribution in [2.75, 3.05) is 5.32 Å². The third-order valence-electron chi connectivity index (χ3n) is 4.84. The second-order valence-corrected chi connectivity index (χ2v) is 7.36. The Labute approximate surface area is 147 Å². The Morgan fingerprint density at radius 3 is 2.96 bits per heavy atom. The number of hydrogen-bond acceptors (Lipinski definition) is 2. The summed E-state index contributed by atoms with van der Waals surface area (Å²) in [6.07, 6.45) is 6.66. The largest absolute Gasteiger partial charge is 0.347 e. The minimum Gasteiger partial charge on any atom is -0.347 e. The Morgan fingerprint density at radius 1 is 1.32 bits per heavy atom. The summed E-state index contributed by atoms with van der Waals surface area (Å²) in [4.78, 5) is 16.7. The summed E-state index contributed by atoms with van der Waals surface area (Å²) in [5, 5.41) is 4.24. The lowest BCUT2D eigenvalue weighted by atomic mass is 10.1. The lowest BCUT2D eigenvalue weighted by Gasteiger charge is -2.09. The third-order valence-corrected chi connectivity index (χ3v) is 4.84. The first kappa shape index (κ1) is 15.9. The Hall–Kier alpha value is -2.62. The average molecular weight is 333 g/mol. The number of rotatable bonds is 5. The summed E-state index contributed by atoms with van der Waals surface area (Å²) >= 11 is 0. The van der Waals surface area contributed by atoms with Crippen LogP contribution in [0.5, 0.6) is 0 Å². The Morgan fingerprint density at radius 2 is 2.20 bits per heavy atom. The number of pyridine rings is 1. The molecule has 0 aliphatic heterocycles. The number of fused-ring (bicyclic) bond motifs is 1. The predicted octanol–water partition coefficient (Wildman–Crippen LogP) is 4.43. The second kappa shape index (κ2) is 6.36. The van der Waals surface area contributed by atoms with E-state index in [1.54, 1.807) is 6.20 Å². The molecule has 0 bridgehead atoms. The predicted molar refractivity (Wildman–Crippen MR) is 100 cm³/mol. The van der Waals surface area contributed by atoms with Crippen LogP contribution in [0.15, 0.2) is 55.0 Å². The zero-order valence-electron chi connectivity index (χ0n) is 14.6. The van der Waals surface area contributed by atoms with Gasteiger partial charge in [0.25, 0.3) is 0 Å². The molecular weight excluding hydrogens is 310 g/mol. The standard InChI is InChI=1S/C21H23N3O/c1-14(2)13-24-9-7-15-10-17(5-6-20(15)24)23-21(25)19-11-18(19)16-4-3-8-22-12-16/h3-10,12,14,18-19H,11,13H2,1-2H3,(H,23,25)/t18-,19+/m1/s1. The van der Waals surface area contributed by atoms with Crippen LogP contribution in [0.1, 0.15) is 31.7 Å². The molecule has 0 unspecified atom stereocenters. The van der Waals surface area contributed by atoms with E-state index in [9.17, 15) is 4.79 Å². The van der Waals surface area contributed by atoms with E-state index in [-0.39, 0.29) is 11.8 Å². The minimum absolute atomic E-state index is 0.0606. The fraction of sp³-hybridized carbons (Fsp3) is 0.333. The zero-order chi connectivity index (χ0) is 17.4. The monoisotopic (exact) mass is 333 g/mol. The number of carbonyl (C=O) groups excluding carboxylic acids is 1. The van der Waals surface area contributed by atoms with Crippen LogP contribution in [0.3, 0.4) is 0 Å². The van der Waals surface area contributed by atoms with E-state index in [4.69, 9.17) is 0 Å². The van der Waals surface area contributed by atoms with Crippen molar-refractivity contribution in [3.05, 3.63) is 60.6 Å². The number of hydrogen-bond donors (Lipinski definition) is 1. The Balaban J connectivity index is 1.45. The van der Waals surface area contributed by atoms with E-state index in [2.05, 4.69) is 59.2 Å². The van der Waals surface area contributed by atoms with Crippen molar-refractivity contribution in [1.82, 2.24) is 9.55 Å². The molecule has 1 amide bonds. The van der Waals surface area contributed by atoms with E-state index in [1.807, 2.05) is 18.3 Å². The maximum atomic E-state index is 12.5. The normalized spacial score (nSPS) is 19.3. The summed E-state index contributed by atoms with van der Waals surface area (Å²) in [5.41, 5.74) is 3.24. The van der Waals surface area contributed by atoms with Crippen LogP contribution in [0, 0.1) is 11.8 Å². The van der Waals surface area contributed by atoms with E-state index in [0.717, 1.165) is 29.6 Å². The molecule has 1 aliphatic carbocycles. The molecular formula is C21H23N3O. The van der Waals surface area contributed by atoms with Crippen molar-refractivity contribution < 1.29 is 4.79 Å². The number of carbonyl (C=O) groups is 1. The lowest BCUT2D eigenvalue weighted by molar-refractivity contribution is -0.117. The molecule has 128 valence electrons. The molecule has 1 saturated carbocycles. The molecule has 0 radical (unpaired) electrons. The van der Waals surface area contributed by atoms with Crippen LogP contribution >= 0.6 is 0 Å². The number of anilines is 1. The van der Waals surface area contributed by atoms with Gasteiger partial charge in [-0.25, -0.2) is 0 Å². The molecule has 3 aromatic rings. The van der Waals surface area contributed by atoms with Crippen molar-refractivity contribution >= 4 is 22.5 Å². The molecule has 2 atom stereocenters. The van der Waals surface area contributed by atoms with Gasteiger partial charge in [0.15, 0.2) is 0 Å². The van der Waals surface area contributed by atoms with Crippen LogP contribution in [0.2, 0.25) is 0 Å². The van der Waals surface area contributed by atoms with Crippen molar-refractivity contribution in [3.8, 4) is 0 Å². The molecule has 1 fully saturated rings. The van der Waals surface area contributed by atoms with Gasteiger partial charge in [0.05, 0.1) is 0 Å². The molecule has 4 nitrogen and oxygen atoms in total. The number of benzene rings is 1. The summed E-state index contributed by atoms with van der Waals surface area (Å²) in [6, 6.07) is 12.2. The molecule has 25 heavy (non-hydrogen) atoms. The molecule has 4 rings (SSSR count). The maximum Gasteiger partial charge on any atom is 0.228 e. The van der Waals surface area contributed by atoms with Crippen LogP contribution < -0.4 is 5.32 Å². The fourth-order valence-electron chi connectivity index (χ4n) is 3.51. The number of amides is 1. The van der Waals surface area contributed by atoms with Crippen LogP contribution in [-0.2, 0) is 11.3 Å². The third kappa shape index (κ3) is 3.29. The summed E-state index contributed by atoms with van der Waals surface area (Å²) in [7, 11) is 0. The fourth-order valence-corrected chi connectivity index (χ4v) is 3.51. The van der Waals surface area contributed by atoms with Gasteiger partial charge < -0.3 is 9.88 Å². The summed E-state index contributed by atoms with van der Waals surface area (Å²) < 4.78 is 2.27. The van der Waals surface area contributed by atoms with Gasteiger partial charge in [0.2, 0.25) is 5.91 Å². The molecule has 1 aliphatic rings. The van der Waals surface area contributed by atoms with E-state index < -0.39 is 0 Å². The van der Waals surface area contributed by atoms with Crippen LogP contribution in [0.4, 0.5) is 5.69 Å². The van der Waals surface area contributed by atoms with Crippen molar-refractivity contribution in [2.24, 2.45) is 11.8 Å². The van der Waals surface area contributed by atoms with E-state index in [1.165, 1.54) is 5.52 Å². The van der Waals surface area contributed by atoms with Crippen molar-refractivity contribution in [2.45, 2.75) is 32.7 Å². The van der Waals surface area contributed by atoms with Gasteiger partial charge in [-0.1, -0.05) is 19.9 Å². The van der Waals surface area contributed by atoms with Crippen molar-refractivity contribution in [3.63, 3.8) is 0 Å². The maximum absolute atomic E-state index is 12.5. The van der Waals surface area contributed by atoms with Gasteiger partial charge >= 0.3 is 0 Å². The SMILES string of the molecule is CC(C)Cn1ccc2cc(NC(=O)[C@H]3C[C@@H]3c3cccnc3)ccc21. The van der Waals surface area contributed by atoms with E-state index in [0.29, 0.717) is 11.8 Å². The first-order valence-corrected chi connectivity index (χ1v) is 8.91. The molecule has 0 spiro atoms. The number of aromatic nitrogens is 2. The Kier molecular flexibility index (Phi) is 4.04. The molecule has 2 heterocycles. The van der Waals surface area contributed by atoms with Crippen LogP contribution in [-0.4, -0.2) is 15.5 Å². The summed E-state index contributed by atoms with van der Waals surface area (Å²) in [6.45, 7) is 5.44. The number of nitrogens with one attached hydrogen (secondary N) is 1. The summed E-state index contributed by atoms with van der Waals surface area (Å²) in [5.74, 6) is 1.08. The number of nitrogens with zero attached hydrogens (tertiary/aromatic N) is 2. The molecule has 1 N–H and O–H groups in total. The molecule has 1 aromatic carbocycles. The molecule has 2 aromatic heterocycles. The molecule has 4 heteroatoms. The first-order chi connectivity index (χ1) is 12.1. The highest BCUT2D eigenvalue weighted by atomic mass is 16.2. The van der Waals surface area contributed by atoms with Gasteiger partial charge in [-0.05, 0) is 54.2 Å². The van der Waals surface area contributed by atoms with Crippen molar-refractivity contribution in [1.29, 1.82) is 0 Å². The van der Waals surface area contributed by atoms with Crippen LogP contribution in [0.25, 0.3) is 10.9 Å². The van der Waals surface area contributed by atoms with Gasteiger partial charge in [-0.15, -0.1) is 0 Å². The average Bonchev–Trinajstić information content (AvgIpc) is 3.32. The quantitative estimate of drug-likeness (QED) is 0.750. The van der Waals surface area contributed by atoms with E-state index >= 15 is 0 Å². The minimum atomic E-state index is 0.0606. The zero-order valence-corrected chi connectivity index (χ0v) is 14.6. The first-order valence-electron chi connectivity index (χ1n) is 8.91. The second-order valence-electron chi connectivity index (χ2n) is 7.36. The molecule has 0 saturated heterocycles. The Bertz CT molecular complexity index is 898. The van der Waals surface area contributed by atoms with Gasteiger partial charge in [0.1, 0.15) is 0 Å². The highest BCUT2D eigenvalue weighted by molar-refractivity contribution is 5.97. The highest BCUT2D eigenvalue weighted by Gasteiger charge is 2.44. The lowest BCUT2D eigenvalue weighted by Crippen LogP contribution is -2.14. The smallest absolute Gasteiger partial charge is 0.228 e. The topological polar surface area (TPSA) is 46.9 Å². The van der Waals surface area contributed by atoms with Gasteiger partial charge in [0, 0.05) is 47.6 Å². The van der Waals surface area contributed by atoms with Gasteiger partial charge in [-0.2, -0.15) is 0 Å². The van der Waals surface area contributed by atoms with Gasteiger partial charge in [-0.3, -0.25) is 9.78 Å². The highest BCUT2D eigenvalue weighted by Crippen LogP contribution is 2.47.